The van der Waals surface area contributed by atoms with Crippen molar-refractivity contribution in [2.45, 2.75) is 37.0 Å². The van der Waals surface area contributed by atoms with Crippen molar-refractivity contribution in [2.24, 2.45) is 5.73 Å². The summed E-state index contributed by atoms with van der Waals surface area (Å²) in [4.78, 5) is 4.89. The molecule has 1 aromatic heterocycles. The van der Waals surface area contributed by atoms with Gasteiger partial charge in [-0.15, -0.1) is 11.3 Å². The zero-order valence-corrected chi connectivity index (χ0v) is 10.6. The Kier molecular flexibility index (Phi) is 1.95. The van der Waals surface area contributed by atoms with Gasteiger partial charge < -0.3 is 5.73 Å². The summed E-state index contributed by atoms with van der Waals surface area (Å²) in [6.07, 6.45) is 5.13. The van der Waals surface area contributed by atoms with Crippen molar-refractivity contribution < 1.29 is 0 Å². The first-order valence-electron chi connectivity index (χ1n) is 6.42. The molecule has 0 spiro atoms. The summed E-state index contributed by atoms with van der Waals surface area (Å²) in [6.45, 7) is 0.766. The molecule has 2 fully saturated rings. The van der Waals surface area contributed by atoms with E-state index in [0.717, 1.165) is 12.5 Å². The number of para-hydroxylation sites is 1. The Labute approximate surface area is 105 Å². The summed E-state index contributed by atoms with van der Waals surface area (Å²) in [5, 5.41) is 1.35. The fourth-order valence-corrected chi connectivity index (χ4v) is 3.80. The van der Waals surface area contributed by atoms with Crippen LogP contribution in [0.1, 0.15) is 42.2 Å². The molecule has 88 valence electrons. The fraction of sp³-hybridized carbons (Fsp3) is 0.500. The molecule has 0 radical (unpaired) electrons. The molecule has 1 heterocycles. The number of hydrogen-bond acceptors (Lipinski definition) is 3. The normalized spacial score (nSPS) is 21.9. The highest BCUT2D eigenvalue weighted by Crippen LogP contribution is 2.51. The smallest absolute Gasteiger partial charge is 0.0969 e. The van der Waals surface area contributed by atoms with Crippen LogP contribution in [-0.2, 0) is 5.41 Å². The number of benzene rings is 1. The minimum atomic E-state index is 0.258. The molecule has 3 heteroatoms. The van der Waals surface area contributed by atoms with E-state index in [2.05, 4.69) is 18.2 Å². The van der Waals surface area contributed by atoms with Gasteiger partial charge in [0.25, 0.3) is 0 Å². The molecule has 0 aliphatic heterocycles. The molecule has 17 heavy (non-hydrogen) atoms. The van der Waals surface area contributed by atoms with Crippen LogP contribution in [0.2, 0.25) is 0 Å². The van der Waals surface area contributed by atoms with Crippen LogP contribution in [0.25, 0.3) is 10.2 Å². The van der Waals surface area contributed by atoms with E-state index in [1.807, 2.05) is 11.3 Å². The maximum absolute atomic E-state index is 5.95. The Morgan fingerprint density at radius 2 is 2.18 bits per heavy atom. The summed E-state index contributed by atoms with van der Waals surface area (Å²) in [5.41, 5.74) is 8.85. The molecule has 2 nitrogen and oxygen atoms in total. The van der Waals surface area contributed by atoms with Gasteiger partial charge in [0.05, 0.1) is 15.2 Å². The molecule has 0 unspecified atom stereocenters. The molecule has 0 bridgehead atoms. The van der Waals surface area contributed by atoms with Gasteiger partial charge in [-0.3, -0.25) is 0 Å². The van der Waals surface area contributed by atoms with Crippen LogP contribution in [0.3, 0.4) is 0 Å². The number of fused-ring (bicyclic) bond motifs is 1. The largest absolute Gasteiger partial charge is 0.330 e. The predicted octanol–water partition coefficient (Wildman–Crippen LogP) is 3.16. The van der Waals surface area contributed by atoms with Gasteiger partial charge in [-0.25, -0.2) is 4.98 Å². The van der Waals surface area contributed by atoms with Crippen LogP contribution < -0.4 is 5.73 Å². The maximum atomic E-state index is 5.95. The average Bonchev–Trinajstić information content (AvgIpc) is 3.25. The average molecular weight is 244 g/mol. The second kappa shape index (κ2) is 3.30. The van der Waals surface area contributed by atoms with E-state index in [-0.39, 0.29) is 5.41 Å². The molecule has 2 aliphatic carbocycles. The first-order chi connectivity index (χ1) is 8.32. The van der Waals surface area contributed by atoms with E-state index in [0.29, 0.717) is 0 Å². The van der Waals surface area contributed by atoms with Crippen molar-refractivity contribution in [1.29, 1.82) is 0 Å². The summed E-state index contributed by atoms with van der Waals surface area (Å²) in [6, 6.07) is 6.61. The number of hydrogen-bond donors (Lipinski definition) is 1. The molecular weight excluding hydrogens is 228 g/mol. The molecule has 2 aliphatic rings. The van der Waals surface area contributed by atoms with Crippen LogP contribution in [0, 0.1) is 0 Å². The van der Waals surface area contributed by atoms with Gasteiger partial charge in [-0.2, -0.15) is 0 Å². The molecule has 2 aromatic rings. The fourth-order valence-electron chi connectivity index (χ4n) is 2.63. The summed E-state index contributed by atoms with van der Waals surface area (Å²) in [7, 11) is 0. The van der Waals surface area contributed by atoms with Gasteiger partial charge in [-0.05, 0) is 37.3 Å². The molecule has 0 saturated heterocycles. The van der Waals surface area contributed by atoms with Crippen molar-refractivity contribution >= 4 is 21.6 Å². The number of thiazole rings is 1. The van der Waals surface area contributed by atoms with Crippen LogP contribution in [0.15, 0.2) is 18.2 Å². The highest BCUT2D eigenvalue weighted by molar-refractivity contribution is 7.18. The minimum Gasteiger partial charge on any atom is -0.330 e. The third-order valence-electron chi connectivity index (χ3n) is 4.18. The first kappa shape index (κ1) is 10.0. The molecule has 2 saturated carbocycles. The Bertz CT molecular complexity index is 579. The van der Waals surface area contributed by atoms with Gasteiger partial charge >= 0.3 is 0 Å². The number of aromatic nitrogens is 1. The summed E-state index contributed by atoms with van der Waals surface area (Å²) in [5.74, 6) is 0.758. The van der Waals surface area contributed by atoms with Gasteiger partial charge in [-0.1, -0.05) is 12.1 Å². The Morgan fingerprint density at radius 1 is 1.35 bits per heavy atom. The maximum Gasteiger partial charge on any atom is 0.0969 e. The lowest BCUT2D eigenvalue weighted by Crippen LogP contribution is -2.19. The van der Waals surface area contributed by atoms with E-state index in [9.17, 15) is 0 Å². The minimum absolute atomic E-state index is 0.258. The molecular formula is C14H16N2S. The number of rotatable bonds is 3. The van der Waals surface area contributed by atoms with Crippen molar-refractivity contribution in [3.63, 3.8) is 0 Å². The zero-order chi connectivity index (χ0) is 11.5. The predicted molar refractivity (Wildman–Crippen MR) is 71.6 cm³/mol. The Morgan fingerprint density at radius 3 is 2.82 bits per heavy atom. The second-order valence-electron chi connectivity index (χ2n) is 5.46. The van der Waals surface area contributed by atoms with Crippen LogP contribution in [0.5, 0.6) is 0 Å². The third-order valence-corrected chi connectivity index (χ3v) is 5.36. The van der Waals surface area contributed by atoms with E-state index < -0.39 is 0 Å². The molecule has 0 amide bonds. The van der Waals surface area contributed by atoms with Crippen LogP contribution in [-0.4, -0.2) is 11.5 Å². The van der Waals surface area contributed by atoms with Crippen molar-refractivity contribution in [1.82, 2.24) is 4.98 Å². The Hall–Kier alpha value is -0.930. The van der Waals surface area contributed by atoms with E-state index in [1.54, 1.807) is 0 Å². The quantitative estimate of drug-likeness (QED) is 0.900. The topological polar surface area (TPSA) is 38.9 Å². The number of nitrogens with zero attached hydrogens (tertiary/aromatic N) is 1. The Balaban J connectivity index is 1.91. The summed E-state index contributed by atoms with van der Waals surface area (Å²) < 4.78 is 1.35. The zero-order valence-electron chi connectivity index (χ0n) is 9.78. The lowest BCUT2D eigenvalue weighted by molar-refractivity contribution is 0.709. The van der Waals surface area contributed by atoms with E-state index in [1.165, 1.54) is 46.5 Å². The van der Waals surface area contributed by atoms with Gasteiger partial charge in [0, 0.05) is 17.9 Å². The van der Waals surface area contributed by atoms with Gasteiger partial charge in [0.15, 0.2) is 0 Å². The van der Waals surface area contributed by atoms with Crippen molar-refractivity contribution in [3.05, 3.63) is 28.8 Å². The standard InChI is InChI=1S/C14H16N2S/c15-8-14(6-7-14)10-2-1-3-11-12(10)16-13(17-11)9-4-5-9/h1-3,9H,4-8,15H2. The highest BCUT2D eigenvalue weighted by Gasteiger charge is 2.44. The monoisotopic (exact) mass is 244 g/mol. The van der Waals surface area contributed by atoms with Crippen LogP contribution >= 0.6 is 11.3 Å². The van der Waals surface area contributed by atoms with Gasteiger partial charge in [0.1, 0.15) is 0 Å². The molecule has 4 rings (SSSR count). The summed E-state index contributed by atoms with van der Waals surface area (Å²) >= 11 is 1.88. The second-order valence-corrected chi connectivity index (χ2v) is 6.53. The van der Waals surface area contributed by atoms with Gasteiger partial charge in [0.2, 0.25) is 0 Å². The molecule has 1 aromatic carbocycles. The molecule has 2 N–H and O–H groups in total. The SMILES string of the molecule is NCC1(c2cccc3sc(C4CC4)nc23)CC1. The van der Waals surface area contributed by atoms with E-state index >= 15 is 0 Å². The van der Waals surface area contributed by atoms with Crippen LogP contribution in [0.4, 0.5) is 0 Å². The molecule has 0 atom stereocenters. The highest BCUT2D eigenvalue weighted by atomic mass is 32.1. The number of nitrogens with two attached hydrogens (primary N) is 1. The third kappa shape index (κ3) is 1.45. The lowest BCUT2D eigenvalue weighted by Gasteiger charge is -2.12. The first-order valence-corrected chi connectivity index (χ1v) is 7.24. The van der Waals surface area contributed by atoms with E-state index in [4.69, 9.17) is 10.7 Å². The van der Waals surface area contributed by atoms with Crippen molar-refractivity contribution in [3.8, 4) is 0 Å². The lowest BCUT2D eigenvalue weighted by atomic mass is 9.95. The van der Waals surface area contributed by atoms with Crippen molar-refractivity contribution in [2.75, 3.05) is 6.54 Å².